The van der Waals surface area contributed by atoms with E-state index in [1.807, 2.05) is 27.7 Å². The van der Waals surface area contributed by atoms with E-state index < -0.39 is 0 Å². The Labute approximate surface area is 837 Å². The van der Waals surface area contributed by atoms with Crippen LogP contribution in [0.5, 0.6) is 0 Å². The molecule has 808 valence electrons. The SMILES string of the molecule is CC(C)COCCCCOC(=O)C1CCC2(C)OC2C1.CC(C)COCCOC(=O)C1CCC2(C)OC2C1.CC(C)OCCOC(=O)C1CCC2(C)OC2C1.CCCCCC(=O)OCC1CCC2(C)OC2C1.COC(C)CCOC(=O)C1CCC2(C)OC2C1.COCC(C)OC(=O)C1CCC2(C)OC2C1.COCCCCOC(=O)C1CCC2(C)OC2C1.COCCOCCOC(=O)C1CCC2(C)OC2C1. The van der Waals surface area contributed by atoms with Crippen LogP contribution in [0.25, 0.3) is 0 Å². The minimum Gasteiger partial charge on any atom is -0.465 e. The summed E-state index contributed by atoms with van der Waals surface area (Å²) in [7, 11) is 6.58. The molecule has 26 unspecified atom stereocenters. The van der Waals surface area contributed by atoms with Gasteiger partial charge in [-0.05, 0) is 287 Å². The minimum atomic E-state index is -0.161. The first-order chi connectivity index (χ1) is 66.6. The molecule has 8 heterocycles. The van der Waals surface area contributed by atoms with Gasteiger partial charge in [0, 0.05) is 67.7 Å². The maximum Gasteiger partial charge on any atom is 0.309 e. The van der Waals surface area contributed by atoms with Crippen LogP contribution in [0.1, 0.15) is 330 Å². The van der Waals surface area contributed by atoms with Gasteiger partial charge in [-0.2, -0.15) is 0 Å². The van der Waals surface area contributed by atoms with E-state index >= 15 is 0 Å². The van der Waals surface area contributed by atoms with Crippen molar-refractivity contribution in [2.75, 3.05) is 141 Å². The molecule has 8 aliphatic carbocycles. The predicted molar refractivity (Wildman–Crippen MR) is 520 cm³/mol. The smallest absolute Gasteiger partial charge is 0.309 e. The summed E-state index contributed by atoms with van der Waals surface area (Å²) >= 11 is 0. The molecule has 8 aliphatic heterocycles. The normalized spacial score (nSPS) is 35.1. The van der Waals surface area contributed by atoms with E-state index in [0.29, 0.717) is 128 Å². The number of hydrogen-bond donors (Lipinski definition) is 0. The van der Waals surface area contributed by atoms with Gasteiger partial charge in [0.15, 0.2) is 0 Å². The third-order valence-electron chi connectivity index (χ3n) is 31.0. The molecule has 8 saturated carbocycles. The van der Waals surface area contributed by atoms with Crippen LogP contribution in [0.15, 0.2) is 0 Å². The number of carbonyl (C=O) groups is 8. The first-order valence-corrected chi connectivity index (χ1v) is 53.7. The lowest BCUT2D eigenvalue weighted by Gasteiger charge is -2.22. The molecule has 16 fully saturated rings. The maximum atomic E-state index is 11.9. The number of rotatable bonds is 47. The van der Waals surface area contributed by atoms with Gasteiger partial charge in [-0.3, -0.25) is 38.4 Å². The average Bonchev–Trinajstić information content (AvgIpc) is 1.56. The van der Waals surface area contributed by atoms with Crippen LogP contribution in [0, 0.1) is 59.2 Å². The second kappa shape index (κ2) is 57.0. The van der Waals surface area contributed by atoms with Gasteiger partial charge in [0.1, 0.15) is 25.9 Å². The van der Waals surface area contributed by atoms with Crippen molar-refractivity contribution in [1.29, 1.82) is 0 Å². The van der Waals surface area contributed by atoms with Crippen LogP contribution < -0.4 is 0 Å². The van der Waals surface area contributed by atoms with Gasteiger partial charge in [-0.15, -0.1) is 0 Å². The average molecular weight is 1990 g/mol. The van der Waals surface area contributed by atoms with Crippen molar-refractivity contribution in [2.24, 2.45) is 59.2 Å². The van der Waals surface area contributed by atoms with Crippen LogP contribution in [-0.4, -0.2) is 300 Å². The highest BCUT2D eigenvalue weighted by Crippen LogP contribution is 2.56. The van der Waals surface area contributed by atoms with Crippen LogP contribution in [0.2, 0.25) is 0 Å². The first-order valence-electron chi connectivity index (χ1n) is 53.7. The van der Waals surface area contributed by atoms with Crippen molar-refractivity contribution in [2.45, 2.75) is 442 Å². The summed E-state index contributed by atoms with van der Waals surface area (Å²) in [4.78, 5) is 94.2. The highest BCUT2D eigenvalue weighted by Gasteiger charge is 2.63. The summed E-state index contributed by atoms with van der Waals surface area (Å²) in [6.07, 6.45) is 32.9. The number of esters is 8. The molecule has 140 heavy (non-hydrogen) atoms. The molecule has 0 aromatic heterocycles. The molecular formula is C108H184O32. The summed E-state index contributed by atoms with van der Waals surface area (Å²) in [5.41, 5.74) is 0.645. The second-order valence-electron chi connectivity index (χ2n) is 44.8. The Hall–Kier alpha value is -4.88. The molecule has 0 amide bonds. The molecule has 32 nitrogen and oxygen atoms in total. The summed E-state index contributed by atoms with van der Waals surface area (Å²) in [5, 5.41) is 0. The number of unbranched alkanes of at least 4 members (excludes halogenated alkanes) is 4. The number of hydrogen-bond acceptors (Lipinski definition) is 32. The van der Waals surface area contributed by atoms with Crippen LogP contribution in [-0.2, 0) is 152 Å². The standard InChI is InChI=1S/C16H28O4.C14H24O4.C14H24O3.C13H22O5.3C13H22O4.C12H20O4/c1-12(2)11-18-8-4-5-9-19-15(17)13-6-7-16(3)14(10-13)20-16;1-10(2)9-16-6-7-17-13(15)11-4-5-14(3)12(8-11)18-14;1-3-4-5-6-13(15)16-10-11-7-8-14(2)12(9-11)17-14;1-13-4-3-10(9-11(13)18-13)12(14)17-8-7-16-6-5-15-2;1-9(15-3)5-7-16-12(14)10-4-6-13(2)11(8-10)17-13;1-9(2)15-6-7-16-12(14)10-4-5-13(3)11(8-10)17-13;1-13-6-5-10(9-11(13)17-13)12(14)16-8-4-3-7-15-2;1-8(7-14-3)15-11(13)9-4-5-12(2)10(6-9)16-12/h12-14H,4-11H2,1-3H3;10-12H,4-9H2,1-3H3;11-12H,3-10H2,1-2H3;10-11H,3-9H2,1-2H3;2*9-11H,4-8H2,1-3H3;10-11H,3-9H2,1-2H3;8-10H,4-7H2,1-3H3. The van der Waals surface area contributed by atoms with Crippen molar-refractivity contribution >= 4 is 47.8 Å². The third-order valence-corrected chi connectivity index (χ3v) is 31.0. The molecule has 0 radical (unpaired) electrons. The zero-order chi connectivity index (χ0) is 102. The monoisotopic (exact) mass is 1990 g/mol. The van der Waals surface area contributed by atoms with E-state index in [-0.39, 0.29) is 183 Å². The van der Waals surface area contributed by atoms with Crippen LogP contribution >= 0.6 is 0 Å². The molecular weight excluding hydrogens is 1810 g/mol. The zero-order valence-corrected chi connectivity index (χ0v) is 89.5. The van der Waals surface area contributed by atoms with Gasteiger partial charge in [0.05, 0.1) is 213 Å². The molecule has 0 aromatic rings. The third kappa shape index (κ3) is 40.3. The van der Waals surface area contributed by atoms with Gasteiger partial charge in [-0.1, -0.05) is 47.5 Å². The molecule has 0 bridgehead atoms. The Kier molecular flexibility index (Phi) is 48.3. The van der Waals surface area contributed by atoms with E-state index in [0.717, 1.165) is 232 Å². The largest absolute Gasteiger partial charge is 0.465 e. The minimum absolute atomic E-state index is 0.00421. The highest BCUT2D eigenvalue weighted by molar-refractivity contribution is 5.76. The van der Waals surface area contributed by atoms with E-state index in [1.54, 1.807) is 28.4 Å². The fourth-order valence-electron chi connectivity index (χ4n) is 20.1. The maximum absolute atomic E-state index is 11.9. The van der Waals surface area contributed by atoms with Crippen molar-refractivity contribution < 1.29 is 152 Å². The van der Waals surface area contributed by atoms with Crippen molar-refractivity contribution in [3.8, 4) is 0 Å². The van der Waals surface area contributed by atoms with E-state index in [1.165, 1.54) is 0 Å². The molecule has 16 rings (SSSR count). The van der Waals surface area contributed by atoms with E-state index in [2.05, 4.69) is 90.0 Å². The van der Waals surface area contributed by atoms with Crippen LogP contribution in [0.4, 0.5) is 0 Å². The molecule has 0 aromatic carbocycles. The first kappa shape index (κ1) is 119. The van der Waals surface area contributed by atoms with Gasteiger partial charge in [-0.25, -0.2) is 0 Å². The van der Waals surface area contributed by atoms with E-state index in [9.17, 15) is 38.4 Å². The molecule has 26 atom stereocenters. The van der Waals surface area contributed by atoms with Crippen molar-refractivity contribution in [1.82, 2.24) is 0 Å². The van der Waals surface area contributed by atoms with Crippen molar-refractivity contribution in [3.63, 3.8) is 0 Å². The van der Waals surface area contributed by atoms with Gasteiger partial charge >= 0.3 is 47.8 Å². The lowest BCUT2D eigenvalue weighted by molar-refractivity contribution is -0.157. The predicted octanol–water partition coefficient (Wildman–Crippen LogP) is 16.6. The van der Waals surface area contributed by atoms with E-state index in [4.69, 9.17) is 114 Å². The molecule has 0 spiro atoms. The summed E-state index contributed by atoms with van der Waals surface area (Å²) < 4.78 is 128. The Bertz CT molecular complexity index is 3740. The Balaban J connectivity index is 0.000000179. The number of carbonyl (C=O) groups excluding carboxylic acids is 8. The van der Waals surface area contributed by atoms with Crippen LogP contribution in [0.3, 0.4) is 0 Å². The van der Waals surface area contributed by atoms with Gasteiger partial charge < -0.3 is 114 Å². The fourth-order valence-corrected chi connectivity index (χ4v) is 20.1. The number of ether oxygens (including phenoxy) is 24. The van der Waals surface area contributed by atoms with Gasteiger partial charge in [0.2, 0.25) is 0 Å². The lowest BCUT2D eigenvalue weighted by Crippen LogP contribution is -2.30. The lowest BCUT2D eigenvalue weighted by atomic mass is 9.83. The Morgan fingerprint density at radius 3 is 0.929 bits per heavy atom. The summed E-state index contributed by atoms with van der Waals surface area (Å²) in [6.45, 7) is 44.5. The Morgan fingerprint density at radius 1 is 0.293 bits per heavy atom. The molecule has 0 N–H and O–H groups in total. The second-order valence-corrected chi connectivity index (χ2v) is 44.8. The molecule has 8 saturated heterocycles. The zero-order valence-electron chi connectivity index (χ0n) is 89.5. The van der Waals surface area contributed by atoms with Crippen molar-refractivity contribution in [3.05, 3.63) is 0 Å². The van der Waals surface area contributed by atoms with Gasteiger partial charge in [0.25, 0.3) is 0 Å². The highest BCUT2D eigenvalue weighted by atomic mass is 16.7. The number of epoxide rings is 8. The number of methoxy groups -OCH3 is 4. The molecule has 32 heteroatoms. The summed E-state index contributed by atoms with van der Waals surface area (Å²) in [6, 6.07) is 0. The Morgan fingerprint density at radius 2 is 0.600 bits per heavy atom. The number of fused-ring (bicyclic) bond motifs is 8. The molecule has 16 aliphatic rings. The summed E-state index contributed by atoms with van der Waals surface area (Å²) in [5.74, 6) is 1.28. The fraction of sp³-hybridized carbons (Fsp3) is 0.926. The quantitative estimate of drug-likeness (QED) is 0.0236. The topological polar surface area (TPSA) is 384 Å².